The van der Waals surface area contributed by atoms with E-state index in [1.165, 1.54) is 5.56 Å². The molecule has 26 heavy (non-hydrogen) atoms. The average Bonchev–Trinajstić information content (AvgIpc) is 3.18. The summed E-state index contributed by atoms with van der Waals surface area (Å²) < 4.78 is 17.1. The molecule has 2 aromatic rings. The fourth-order valence-electron chi connectivity index (χ4n) is 2.80. The summed E-state index contributed by atoms with van der Waals surface area (Å²) in [7, 11) is 0. The molecular weight excluding hydrogens is 326 g/mol. The zero-order valence-corrected chi connectivity index (χ0v) is 15.7. The number of benzene rings is 2. The molecular formula is C22H29NO3. The Balaban J connectivity index is 1.42. The van der Waals surface area contributed by atoms with E-state index >= 15 is 0 Å². The SMILES string of the molecule is CC(C)COc1ccc(NCc2ccc(OCC3CCCO3)cc2)cc1. The van der Waals surface area contributed by atoms with Gasteiger partial charge in [0.15, 0.2) is 0 Å². The molecule has 1 aliphatic rings. The molecule has 140 valence electrons. The Morgan fingerprint density at radius 3 is 2.35 bits per heavy atom. The molecule has 0 saturated carbocycles. The lowest BCUT2D eigenvalue weighted by Crippen LogP contribution is -2.16. The third-order valence-corrected chi connectivity index (χ3v) is 4.32. The lowest BCUT2D eigenvalue weighted by atomic mass is 10.2. The molecule has 0 aliphatic carbocycles. The van der Waals surface area contributed by atoms with Crippen LogP contribution in [0, 0.1) is 5.92 Å². The largest absolute Gasteiger partial charge is 0.493 e. The molecule has 0 aromatic heterocycles. The van der Waals surface area contributed by atoms with Crippen LogP contribution in [0.5, 0.6) is 11.5 Å². The second-order valence-electron chi connectivity index (χ2n) is 7.17. The molecule has 0 spiro atoms. The zero-order chi connectivity index (χ0) is 18.2. The summed E-state index contributed by atoms with van der Waals surface area (Å²) in [6, 6.07) is 16.3. The molecule has 1 saturated heterocycles. The second-order valence-corrected chi connectivity index (χ2v) is 7.17. The minimum absolute atomic E-state index is 0.254. The maximum Gasteiger partial charge on any atom is 0.119 e. The molecule has 0 amide bonds. The van der Waals surface area contributed by atoms with Gasteiger partial charge in [0, 0.05) is 18.8 Å². The van der Waals surface area contributed by atoms with E-state index in [-0.39, 0.29) is 6.10 Å². The molecule has 1 heterocycles. The third-order valence-electron chi connectivity index (χ3n) is 4.32. The normalized spacial score (nSPS) is 16.7. The number of anilines is 1. The molecule has 4 nitrogen and oxygen atoms in total. The van der Waals surface area contributed by atoms with Gasteiger partial charge >= 0.3 is 0 Å². The molecule has 0 radical (unpaired) electrons. The highest BCUT2D eigenvalue weighted by atomic mass is 16.5. The minimum Gasteiger partial charge on any atom is -0.493 e. The van der Waals surface area contributed by atoms with Gasteiger partial charge in [0.05, 0.1) is 12.7 Å². The Bertz CT molecular complexity index is 646. The molecule has 1 N–H and O–H groups in total. The number of hydrogen-bond donors (Lipinski definition) is 1. The van der Waals surface area contributed by atoms with E-state index in [2.05, 4.69) is 43.4 Å². The van der Waals surface area contributed by atoms with E-state index in [1.54, 1.807) is 0 Å². The number of rotatable bonds is 9. The van der Waals surface area contributed by atoms with Crippen molar-refractivity contribution >= 4 is 5.69 Å². The third kappa shape index (κ3) is 5.95. The highest BCUT2D eigenvalue weighted by Gasteiger charge is 2.15. The van der Waals surface area contributed by atoms with Crippen molar-refractivity contribution in [1.29, 1.82) is 0 Å². The van der Waals surface area contributed by atoms with Crippen molar-refractivity contribution in [2.45, 2.75) is 39.3 Å². The van der Waals surface area contributed by atoms with Crippen molar-refractivity contribution in [1.82, 2.24) is 0 Å². The van der Waals surface area contributed by atoms with Crippen LogP contribution in [0.25, 0.3) is 0 Å². The molecule has 4 heteroatoms. The van der Waals surface area contributed by atoms with E-state index in [1.807, 2.05) is 24.3 Å². The number of hydrogen-bond acceptors (Lipinski definition) is 4. The van der Waals surface area contributed by atoms with Crippen molar-refractivity contribution in [3.05, 3.63) is 54.1 Å². The molecule has 1 atom stereocenters. The van der Waals surface area contributed by atoms with Crippen LogP contribution >= 0.6 is 0 Å². The summed E-state index contributed by atoms with van der Waals surface area (Å²) in [6.45, 7) is 7.32. The fourth-order valence-corrected chi connectivity index (χ4v) is 2.80. The van der Waals surface area contributed by atoms with Crippen molar-refractivity contribution < 1.29 is 14.2 Å². The molecule has 2 aromatic carbocycles. The van der Waals surface area contributed by atoms with Gasteiger partial charge in [0.25, 0.3) is 0 Å². The fraction of sp³-hybridized carbons (Fsp3) is 0.455. The first-order valence-corrected chi connectivity index (χ1v) is 9.49. The highest BCUT2D eigenvalue weighted by molar-refractivity contribution is 5.47. The summed E-state index contributed by atoms with van der Waals surface area (Å²) in [6.07, 6.45) is 2.50. The minimum atomic E-state index is 0.254. The van der Waals surface area contributed by atoms with Gasteiger partial charge in [-0.2, -0.15) is 0 Å². The van der Waals surface area contributed by atoms with E-state index in [0.717, 1.165) is 49.8 Å². The topological polar surface area (TPSA) is 39.7 Å². The maximum absolute atomic E-state index is 5.80. The summed E-state index contributed by atoms with van der Waals surface area (Å²) in [5.41, 5.74) is 2.30. The molecule has 1 fully saturated rings. The second kappa shape index (κ2) is 9.48. The molecule has 1 aliphatic heterocycles. The van der Waals surface area contributed by atoms with Gasteiger partial charge in [-0.25, -0.2) is 0 Å². The lowest BCUT2D eigenvalue weighted by molar-refractivity contribution is 0.0679. The summed E-state index contributed by atoms with van der Waals surface area (Å²) >= 11 is 0. The van der Waals surface area contributed by atoms with E-state index in [4.69, 9.17) is 14.2 Å². The van der Waals surface area contributed by atoms with Gasteiger partial charge in [-0.05, 0) is 60.7 Å². The van der Waals surface area contributed by atoms with Gasteiger partial charge in [-0.1, -0.05) is 26.0 Å². The Morgan fingerprint density at radius 1 is 1.00 bits per heavy atom. The van der Waals surface area contributed by atoms with Crippen LogP contribution in [0.3, 0.4) is 0 Å². The molecule has 0 bridgehead atoms. The first-order chi connectivity index (χ1) is 12.7. The first kappa shape index (κ1) is 18.6. The van der Waals surface area contributed by atoms with Gasteiger partial charge in [0.2, 0.25) is 0 Å². The zero-order valence-electron chi connectivity index (χ0n) is 15.7. The average molecular weight is 355 g/mol. The van der Waals surface area contributed by atoms with E-state index in [0.29, 0.717) is 12.5 Å². The van der Waals surface area contributed by atoms with Crippen LogP contribution in [0.1, 0.15) is 32.3 Å². The van der Waals surface area contributed by atoms with Gasteiger partial charge in [0.1, 0.15) is 18.1 Å². The lowest BCUT2D eigenvalue weighted by Gasteiger charge is -2.12. The smallest absolute Gasteiger partial charge is 0.119 e. The predicted molar refractivity (Wildman–Crippen MR) is 105 cm³/mol. The Hall–Kier alpha value is -2.20. The standard InChI is InChI=1S/C22H29NO3/c1-17(2)15-25-21-11-7-19(8-12-21)23-14-18-5-9-20(10-6-18)26-16-22-4-3-13-24-22/h5-12,17,22-23H,3-4,13-16H2,1-2H3. The quantitative estimate of drug-likeness (QED) is 0.695. The van der Waals surface area contributed by atoms with Gasteiger partial charge in [-0.15, -0.1) is 0 Å². The van der Waals surface area contributed by atoms with E-state index < -0.39 is 0 Å². The first-order valence-electron chi connectivity index (χ1n) is 9.49. The summed E-state index contributed by atoms with van der Waals surface area (Å²) in [5.74, 6) is 2.35. The van der Waals surface area contributed by atoms with Crippen LogP contribution in [-0.2, 0) is 11.3 Å². The van der Waals surface area contributed by atoms with Crippen molar-refractivity contribution in [2.75, 3.05) is 25.1 Å². The molecule has 3 rings (SSSR count). The maximum atomic E-state index is 5.80. The summed E-state index contributed by atoms with van der Waals surface area (Å²) in [5, 5.41) is 3.43. The van der Waals surface area contributed by atoms with Crippen molar-refractivity contribution in [2.24, 2.45) is 5.92 Å². The highest BCUT2D eigenvalue weighted by Crippen LogP contribution is 2.19. The monoisotopic (exact) mass is 355 g/mol. The van der Waals surface area contributed by atoms with Gasteiger partial charge < -0.3 is 19.5 Å². The van der Waals surface area contributed by atoms with Crippen LogP contribution in [0.15, 0.2) is 48.5 Å². The van der Waals surface area contributed by atoms with Crippen LogP contribution in [-0.4, -0.2) is 25.9 Å². The number of ether oxygens (including phenoxy) is 3. The Morgan fingerprint density at radius 2 is 1.69 bits per heavy atom. The number of nitrogens with one attached hydrogen (secondary N) is 1. The Labute approximate surface area is 156 Å². The van der Waals surface area contributed by atoms with Crippen LogP contribution in [0.2, 0.25) is 0 Å². The van der Waals surface area contributed by atoms with E-state index in [9.17, 15) is 0 Å². The van der Waals surface area contributed by atoms with Crippen LogP contribution in [0.4, 0.5) is 5.69 Å². The van der Waals surface area contributed by atoms with Crippen LogP contribution < -0.4 is 14.8 Å². The van der Waals surface area contributed by atoms with Crippen molar-refractivity contribution in [3.8, 4) is 11.5 Å². The van der Waals surface area contributed by atoms with Gasteiger partial charge in [-0.3, -0.25) is 0 Å². The summed E-state index contributed by atoms with van der Waals surface area (Å²) in [4.78, 5) is 0. The molecule has 1 unspecified atom stereocenters. The Kier molecular flexibility index (Phi) is 6.78. The van der Waals surface area contributed by atoms with Crippen molar-refractivity contribution in [3.63, 3.8) is 0 Å². The predicted octanol–water partition coefficient (Wildman–Crippen LogP) is 4.89.